The summed E-state index contributed by atoms with van der Waals surface area (Å²) in [5.41, 5.74) is 6.00. The van der Waals surface area contributed by atoms with Gasteiger partial charge in [0.15, 0.2) is 0 Å². The number of rotatable bonds is 10. The van der Waals surface area contributed by atoms with Crippen molar-refractivity contribution < 1.29 is 0 Å². The quantitative estimate of drug-likeness (QED) is 0.256. The number of pyridine rings is 1. The van der Waals surface area contributed by atoms with Gasteiger partial charge in [-0.25, -0.2) is 4.98 Å². The molecule has 1 aliphatic rings. The Hall–Kier alpha value is -2.42. The zero-order valence-electron chi connectivity index (χ0n) is 18.3. The molecule has 2 atom stereocenters. The van der Waals surface area contributed by atoms with Gasteiger partial charge in [0, 0.05) is 19.2 Å². The summed E-state index contributed by atoms with van der Waals surface area (Å²) in [5, 5.41) is 0. The summed E-state index contributed by atoms with van der Waals surface area (Å²) in [6.07, 6.45) is 19.1. The highest BCUT2D eigenvalue weighted by Gasteiger charge is 2.26. The van der Waals surface area contributed by atoms with E-state index in [9.17, 15) is 0 Å². The average molecular weight is 390 g/mol. The fourth-order valence-electron chi connectivity index (χ4n) is 4.40. The molecule has 0 radical (unpaired) electrons. The van der Waals surface area contributed by atoms with Crippen molar-refractivity contribution in [1.82, 2.24) is 9.38 Å². The minimum atomic E-state index is 0.281. The van der Waals surface area contributed by atoms with Gasteiger partial charge in [0.1, 0.15) is 5.65 Å². The van der Waals surface area contributed by atoms with E-state index in [1.807, 2.05) is 7.05 Å². The molecule has 0 N–H and O–H groups in total. The highest BCUT2D eigenvalue weighted by Crippen LogP contribution is 2.31. The van der Waals surface area contributed by atoms with Crippen LogP contribution in [0.1, 0.15) is 63.8 Å². The van der Waals surface area contributed by atoms with Crippen LogP contribution < -0.4 is 0 Å². The summed E-state index contributed by atoms with van der Waals surface area (Å²) in [4.78, 5) is 9.79. The molecule has 154 valence electrons. The largest absolute Gasteiger partial charge is 0.298 e. The van der Waals surface area contributed by atoms with Crippen LogP contribution in [0, 0.1) is 11.8 Å². The van der Waals surface area contributed by atoms with Crippen molar-refractivity contribution in [2.24, 2.45) is 16.8 Å². The summed E-state index contributed by atoms with van der Waals surface area (Å²) in [6, 6.07) is 6.24. The molecule has 0 aromatic carbocycles. The minimum Gasteiger partial charge on any atom is -0.298 e. The van der Waals surface area contributed by atoms with E-state index in [0.29, 0.717) is 5.92 Å². The highest BCUT2D eigenvalue weighted by molar-refractivity contribution is 6.03. The average Bonchev–Trinajstić information content (AvgIpc) is 3.11. The van der Waals surface area contributed by atoms with E-state index in [1.54, 1.807) is 0 Å². The van der Waals surface area contributed by atoms with E-state index in [0.717, 1.165) is 30.6 Å². The van der Waals surface area contributed by atoms with Gasteiger partial charge >= 0.3 is 0 Å². The first-order valence-electron chi connectivity index (χ1n) is 11.2. The number of imidazole rings is 1. The molecular weight excluding hydrogens is 354 g/mol. The van der Waals surface area contributed by atoms with Crippen LogP contribution >= 0.6 is 0 Å². The number of hydrogen-bond acceptors (Lipinski definition) is 2. The van der Waals surface area contributed by atoms with Crippen molar-refractivity contribution in [1.29, 1.82) is 0 Å². The molecule has 2 heterocycles. The lowest BCUT2D eigenvalue weighted by Crippen LogP contribution is -2.21. The molecular formula is C26H35N3. The van der Waals surface area contributed by atoms with Crippen LogP contribution in [-0.2, 0) is 6.42 Å². The van der Waals surface area contributed by atoms with Gasteiger partial charge in [-0.2, -0.15) is 0 Å². The van der Waals surface area contributed by atoms with Gasteiger partial charge in [-0.05, 0) is 43.7 Å². The molecule has 3 nitrogen and oxygen atoms in total. The third-order valence-electron chi connectivity index (χ3n) is 6.01. The van der Waals surface area contributed by atoms with E-state index >= 15 is 0 Å². The molecule has 0 saturated carbocycles. The second-order valence-electron chi connectivity index (χ2n) is 7.94. The Morgan fingerprint density at radius 1 is 1.31 bits per heavy atom. The lowest BCUT2D eigenvalue weighted by Gasteiger charge is -2.24. The maximum absolute atomic E-state index is 4.99. The zero-order chi connectivity index (χ0) is 20.6. The number of aryl methyl sites for hydroxylation is 1. The fourth-order valence-corrected chi connectivity index (χ4v) is 4.40. The predicted molar refractivity (Wildman–Crippen MR) is 125 cm³/mol. The molecule has 3 heteroatoms. The van der Waals surface area contributed by atoms with Crippen molar-refractivity contribution >= 4 is 11.4 Å². The Bertz CT molecular complexity index is 913. The second kappa shape index (κ2) is 10.4. The number of allylic oxidation sites excluding steroid dienone is 5. The summed E-state index contributed by atoms with van der Waals surface area (Å²) < 4.78 is 2.23. The Morgan fingerprint density at radius 3 is 2.90 bits per heavy atom. The number of fused-ring (bicyclic) bond motifs is 1. The standard InChI is InChI=1S/C26H35N3/c1-5-8-9-10-16-23-26(29-18-12-11-17-24(29)28-23)25(27-4)22-15-13-14-21(19-22)20(6-2)7-3/h6,11-15,17-18,20,22H,2,5,7-10,16,19H2,1,3-4H3/b27-25-/t20-,22?/m0/s1. The summed E-state index contributed by atoms with van der Waals surface area (Å²) in [5.74, 6) is 0.722. The third-order valence-corrected chi connectivity index (χ3v) is 6.01. The lowest BCUT2D eigenvalue weighted by molar-refractivity contribution is 0.652. The molecule has 3 rings (SSSR count). The Kier molecular flexibility index (Phi) is 7.62. The van der Waals surface area contributed by atoms with Gasteiger partial charge in [0.25, 0.3) is 0 Å². The monoisotopic (exact) mass is 389 g/mol. The van der Waals surface area contributed by atoms with Gasteiger partial charge in [0.05, 0.1) is 17.1 Å². The van der Waals surface area contributed by atoms with Crippen molar-refractivity contribution in [2.75, 3.05) is 7.05 Å². The van der Waals surface area contributed by atoms with Crippen LogP contribution in [0.5, 0.6) is 0 Å². The first-order valence-corrected chi connectivity index (χ1v) is 11.2. The molecule has 0 bridgehead atoms. The molecule has 0 saturated heterocycles. The van der Waals surface area contributed by atoms with Crippen molar-refractivity contribution in [3.63, 3.8) is 0 Å². The van der Waals surface area contributed by atoms with E-state index in [2.05, 4.69) is 73.5 Å². The van der Waals surface area contributed by atoms with E-state index in [-0.39, 0.29) is 5.92 Å². The summed E-state index contributed by atoms with van der Waals surface area (Å²) in [7, 11) is 1.93. The van der Waals surface area contributed by atoms with Crippen LogP contribution in [-0.4, -0.2) is 22.1 Å². The Morgan fingerprint density at radius 2 is 2.17 bits per heavy atom. The van der Waals surface area contributed by atoms with Crippen molar-refractivity contribution in [2.45, 2.75) is 58.8 Å². The summed E-state index contributed by atoms with van der Waals surface area (Å²) in [6.45, 7) is 8.53. The molecule has 29 heavy (non-hydrogen) atoms. The molecule has 2 aromatic rings. The Labute approximate surface area is 176 Å². The van der Waals surface area contributed by atoms with E-state index in [1.165, 1.54) is 42.6 Å². The molecule has 1 aliphatic carbocycles. The number of hydrogen-bond donors (Lipinski definition) is 0. The van der Waals surface area contributed by atoms with Gasteiger partial charge in [-0.3, -0.25) is 9.39 Å². The summed E-state index contributed by atoms with van der Waals surface area (Å²) >= 11 is 0. The minimum absolute atomic E-state index is 0.281. The predicted octanol–water partition coefficient (Wildman–Crippen LogP) is 6.59. The second-order valence-corrected chi connectivity index (χ2v) is 7.94. The van der Waals surface area contributed by atoms with Crippen LogP contribution in [0.2, 0.25) is 0 Å². The van der Waals surface area contributed by atoms with Crippen molar-refractivity contribution in [3.8, 4) is 0 Å². The van der Waals surface area contributed by atoms with Crippen LogP contribution in [0.4, 0.5) is 0 Å². The number of unbranched alkanes of at least 4 members (excludes halogenated alkanes) is 3. The number of nitrogens with zero attached hydrogens (tertiary/aromatic N) is 3. The molecule has 0 aliphatic heterocycles. The molecule has 0 fully saturated rings. The number of aromatic nitrogens is 2. The van der Waals surface area contributed by atoms with Crippen molar-refractivity contribution in [3.05, 3.63) is 72.2 Å². The van der Waals surface area contributed by atoms with E-state index < -0.39 is 0 Å². The Balaban J connectivity index is 1.94. The maximum Gasteiger partial charge on any atom is 0.137 e. The highest BCUT2D eigenvalue weighted by atomic mass is 15.0. The molecule has 1 unspecified atom stereocenters. The molecule has 0 spiro atoms. The van der Waals surface area contributed by atoms with Gasteiger partial charge in [0.2, 0.25) is 0 Å². The van der Waals surface area contributed by atoms with Crippen LogP contribution in [0.15, 0.2) is 65.8 Å². The fraction of sp³-hybridized carbons (Fsp3) is 0.462. The molecule has 2 aromatic heterocycles. The third kappa shape index (κ3) is 4.77. The maximum atomic E-state index is 4.99. The normalized spacial score (nSPS) is 18.1. The van der Waals surface area contributed by atoms with Gasteiger partial charge in [-0.15, -0.1) is 6.58 Å². The first kappa shape index (κ1) is 21.3. The SMILES string of the molecule is C=C[C@@H](CC)C1=CC=CC(/C(=N/C)c2c(CCCCCC)nc3ccccn23)C1. The zero-order valence-corrected chi connectivity index (χ0v) is 18.3. The van der Waals surface area contributed by atoms with Crippen LogP contribution in [0.25, 0.3) is 5.65 Å². The molecule has 0 amide bonds. The van der Waals surface area contributed by atoms with Crippen LogP contribution in [0.3, 0.4) is 0 Å². The first-order chi connectivity index (χ1) is 14.2. The van der Waals surface area contributed by atoms with Gasteiger partial charge in [-0.1, -0.05) is 69.1 Å². The van der Waals surface area contributed by atoms with Gasteiger partial charge < -0.3 is 0 Å². The van der Waals surface area contributed by atoms with E-state index in [4.69, 9.17) is 9.98 Å². The lowest BCUT2D eigenvalue weighted by atomic mass is 9.82. The smallest absolute Gasteiger partial charge is 0.137 e. The topological polar surface area (TPSA) is 29.7 Å². The number of aliphatic imine (C=N–C) groups is 1.